The molecule has 2 aliphatic heterocycles. The molecule has 0 saturated carbocycles. The molecule has 2 unspecified atom stereocenters. The molecule has 4 nitrogen and oxygen atoms in total. The molecule has 2 rings (SSSR count). The molecule has 2 saturated heterocycles. The zero-order valence-corrected chi connectivity index (χ0v) is 12.5. The van der Waals surface area contributed by atoms with Crippen LogP contribution in [-0.2, 0) is 4.79 Å². The highest BCUT2D eigenvalue weighted by molar-refractivity contribution is 5.75. The lowest BCUT2D eigenvalue weighted by molar-refractivity contribution is -0.130. The van der Waals surface area contributed by atoms with E-state index in [1.807, 2.05) is 11.9 Å². The third-order valence-electron chi connectivity index (χ3n) is 4.61. The predicted octanol–water partition coefficient (Wildman–Crippen LogP) is 1.18. The van der Waals surface area contributed by atoms with E-state index in [2.05, 4.69) is 17.3 Å². The molecule has 0 aromatic heterocycles. The summed E-state index contributed by atoms with van der Waals surface area (Å²) in [7, 11) is 4.14. The Bertz CT molecular complexity index is 289. The van der Waals surface area contributed by atoms with Crippen LogP contribution in [0.15, 0.2) is 0 Å². The fraction of sp³-hybridized carbons (Fsp3) is 0.933. The summed E-state index contributed by atoms with van der Waals surface area (Å²) < 4.78 is 0. The molecular weight excluding hydrogens is 238 g/mol. The van der Waals surface area contributed by atoms with Gasteiger partial charge in [0, 0.05) is 26.6 Å². The summed E-state index contributed by atoms with van der Waals surface area (Å²) >= 11 is 0. The highest BCUT2D eigenvalue weighted by atomic mass is 16.2. The summed E-state index contributed by atoms with van der Waals surface area (Å²) in [5.74, 6) is 1.72. The SMILES string of the molecule is CN1CCC(CN(C)C(=O)CCC2CCCNC2)C1. The minimum Gasteiger partial charge on any atom is -0.345 e. The second kappa shape index (κ2) is 7.25. The van der Waals surface area contributed by atoms with Gasteiger partial charge in [-0.25, -0.2) is 0 Å². The Kier molecular flexibility index (Phi) is 5.64. The molecule has 0 bridgehead atoms. The van der Waals surface area contributed by atoms with Crippen LogP contribution in [0.5, 0.6) is 0 Å². The van der Waals surface area contributed by atoms with Gasteiger partial charge in [0.1, 0.15) is 0 Å². The average Bonchev–Trinajstić information content (AvgIpc) is 2.82. The first-order valence-electron chi connectivity index (χ1n) is 7.78. The highest BCUT2D eigenvalue weighted by Crippen LogP contribution is 2.18. The number of hydrogen-bond acceptors (Lipinski definition) is 3. The topological polar surface area (TPSA) is 35.6 Å². The maximum atomic E-state index is 12.1. The Morgan fingerprint density at radius 3 is 2.84 bits per heavy atom. The van der Waals surface area contributed by atoms with Crippen LogP contribution in [-0.4, -0.2) is 62.5 Å². The van der Waals surface area contributed by atoms with Crippen molar-refractivity contribution in [3.05, 3.63) is 0 Å². The number of piperidine rings is 1. The highest BCUT2D eigenvalue weighted by Gasteiger charge is 2.23. The number of rotatable bonds is 5. The third kappa shape index (κ3) is 4.77. The fourth-order valence-corrected chi connectivity index (χ4v) is 3.35. The van der Waals surface area contributed by atoms with E-state index in [9.17, 15) is 4.79 Å². The van der Waals surface area contributed by atoms with E-state index in [0.29, 0.717) is 17.7 Å². The fourth-order valence-electron chi connectivity index (χ4n) is 3.35. The summed E-state index contributed by atoms with van der Waals surface area (Å²) in [4.78, 5) is 16.5. The molecule has 0 aliphatic carbocycles. The van der Waals surface area contributed by atoms with Gasteiger partial charge in [-0.15, -0.1) is 0 Å². The predicted molar refractivity (Wildman–Crippen MR) is 78.1 cm³/mol. The van der Waals surface area contributed by atoms with E-state index in [0.717, 1.165) is 39.0 Å². The van der Waals surface area contributed by atoms with Crippen LogP contribution in [0, 0.1) is 11.8 Å². The zero-order valence-electron chi connectivity index (χ0n) is 12.5. The first kappa shape index (κ1) is 14.8. The summed E-state index contributed by atoms with van der Waals surface area (Å²) in [6, 6.07) is 0. The zero-order chi connectivity index (χ0) is 13.7. The van der Waals surface area contributed by atoms with Gasteiger partial charge < -0.3 is 15.1 Å². The quantitative estimate of drug-likeness (QED) is 0.812. The van der Waals surface area contributed by atoms with Gasteiger partial charge in [0.2, 0.25) is 5.91 Å². The molecule has 0 radical (unpaired) electrons. The normalized spacial score (nSPS) is 28.5. The minimum atomic E-state index is 0.333. The van der Waals surface area contributed by atoms with Crippen LogP contribution in [0.1, 0.15) is 32.1 Å². The lowest BCUT2D eigenvalue weighted by Crippen LogP contribution is -2.34. The summed E-state index contributed by atoms with van der Waals surface area (Å²) in [5.41, 5.74) is 0. The van der Waals surface area contributed by atoms with Crippen molar-refractivity contribution < 1.29 is 4.79 Å². The van der Waals surface area contributed by atoms with Gasteiger partial charge in [-0.3, -0.25) is 4.79 Å². The van der Waals surface area contributed by atoms with Crippen molar-refractivity contribution in [2.75, 3.05) is 46.8 Å². The number of amides is 1. The average molecular weight is 267 g/mol. The second-order valence-electron chi connectivity index (χ2n) is 6.44. The largest absolute Gasteiger partial charge is 0.345 e. The van der Waals surface area contributed by atoms with E-state index < -0.39 is 0 Å². The molecule has 2 aliphatic rings. The number of nitrogens with zero attached hydrogens (tertiary/aromatic N) is 2. The van der Waals surface area contributed by atoms with Crippen LogP contribution in [0.4, 0.5) is 0 Å². The lowest BCUT2D eigenvalue weighted by Gasteiger charge is -2.25. The van der Waals surface area contributed by atoms with E-state index >= 15 is 0 Å². The third-order valence-corrected chi connectivity index (χ3v) is 4.61. The Morgan fingerprint density at radius 2 is 2.21 bits per heavy atom. The van der Waals surface area contributed by atoms with Gasteiger partial charge in [0.05, 0.1) is 0 Å². The first-order chi connectivity index (χ1) is 9.15. The maximum Gasteiger partial charge on any atom is 0.222 e. The molecular formula is C15H29N3O. The van der Waals surface area contributed by atoms with Crippen molar-refractivity contribution >= 4 is 5.91 Å². The molecule has 2 atom stereocenters. The van der Waals surface area contributed by atoms with Gasteiger partial charge in [-0.2, -0.15) is 0 Å². The maximum absolute atomic E-state index is 12.1. The Hall–Kier alpha value is -0.610. The number of carbonyl (C=O) groups excluding carboxylic acids is 1. The van der Waals surface area contributed by atoms with Crippen molar-refractivity contribution in [3.63, 3.8) is 0 Å². The molecule has 19 heavy (non-hydrogen) atoms. The van der Waals surface area contributed by atoms with Crippen molar-refractivity contribution in [2.45, 2.75) is 32.1 Å². The van der Waals surface area contributed by atoms with E-state index in [1.54, 1.807) is 0 Å². The number of hydrogen-bond donors (Lipinski definition) is 1. The van der Waals surface area contributed by atoms with Gasteiger partial charge >= 0.3 is 0 Å². The molecule has 2 fully saturated rings. The van der Waals surface area contributed by atoms with Crippen LogP contribution >= 0.6 is 0 Å². The van der Waals surface area contributed by atoms with E-state index in [1.165, 1.54) is 25.8 Å². The van der Waals surface area contributed by atoms with E-state index in [4.69, 9.17) is 0 Å². The van der Waals surface area contributed by atoms with Gasteiger partial charge in [0.25, 0.3) is 0 Å². The molecule has 0 aromatic rings. The molecule has 2 heterocycles. The van der Waals surface area contributed by atoms with Gasteiger partial charge in [-0.05, 0) is 64.2 Å². The molecule has 0 spiro atoms. The Morgan fingerprint density at radius 1 is 1.37 bits per heavy atom. The molecule has 0 aromatic carbocycles. The van der Waals surface area contributed by atoms with Gasteiger partial charge in [-0.1, -0.05) is 0 Å². The number of nitrogens with one attached hydrogen (secondary N) is 1. The van der Waals surface area contributed by atoms with Crippen LogP contribution in [0.25, 0.3) is 0 Å². The van der Waals surface area contributed by atoms with Crippen LogP contribution < -0.4 is 5.32 Å². The summed E-state index contributed by atoms with van der Waals surface area (Å²) in [6.07, 6.45) is 5.58. The van der Waals surface area contributed by atoms with Crippen LogP contribution in [0.3, 0.4) is 0 Å². The molecule has 110 valence electrons. The van der Waals surface area contributed by atoms with Crippen molar-refractivity contribution in [2.24, 2.45) is 11.8 Å². The summed E-state index contributed by atoms with van der Waals surface area (Å²) in [5, 5.41) is 3.42. The smallest absolute Gasteiger partial charge is 0.222 e. The second-order valence-corrected chi connectivity index (χ2v) is 6.44. The molecule has 4 heteroatoms. The number of likely N-dealkylation sites (tertiary alicyclic amines) is 1. The van der Waals surface area contributed by atoms with Gasteiger partial charge in [0.15, 0.2) is 0 Å². The molecule has 1 amide bonds. The Balaban J connectivity index is 1.64. The number of carbonyl (C=O) groups is 1. The Labute approximate surface area is 117 Å². The van der Waals surface area contributed by atoms with E-state index in [-0.39, 0.29) is 0 Å². The minimum absolute atomic E-state index is 0.333. The monoisotopic (exact) mass is 267 g/mol. The standard InChI is InChI=1S/C15H29N3O/c1-17-9-7-14(11-17)12-18(2)15(19)6-5-13-4-3-8-16-10-13/h13-14,16H,3-12H2,1-2H3. The summed E-state index contributed by atoms with van der Waals surface area (Å²) in [6.45, 7) is 5.51. The van der Waals surface area contributed by atoms with Crippen molar-refractivity contribution in [1.29, 1.82) is 0 Å². The van der Waals surface area contributed by atoms with Crippen molar-refractivity contribution in [1.82, 2.24) is 15.1 Å². The first-order valence-corrected chi connectivity index (χ1v) is 7.78. The van der Waals surface area contributed by atoms with Crippen molar-refractivity contribution in [3.8, 4) is 0 Å². The van der Waals surface area contributed by atoms with Crippen LogP contribution in [0.2, 0.25) is 0 Å². The lowest BCUT2D eigenvalue weighted by atomic mass is 9.94. The molecule has 1 N–H and O–H groups in total.